The second-order valence-electron chi connectivity index (χ2n) is 6.88. The lowest BCUT2D eigenvalue weighted by atomic mass is 9.91. The first-order valence-corrected chi connectivity index (χ1v) is 7.82. The Bertz CT molecular complexity index is 510. The molecule has 1 aromatic heterocycles. The molecule has 118 valence electrons. The number of nitrogens with one attached hydrogen (secondary N) is 1. The van der Waals surface area contributed by atoms with Crippen molar-refractivity contribution in [1.82, 2.24) is 15.2 Å². The van der Waals surface area contributed by atoms with Crippen molar-refractivity contribution >= 4 is 0 Å². The van der Waals surface area contributed by atoms with Crippen molar-refractivity contribution in [2.45, 2.75) is 19.9 Å². The summed E-state index contributed by atoms with van der Waals surface area (Å²) in [5.41, 5.74) is 2.52. The number of hydrogen-bond donors (Lipinski definition) is 1. The molecule has 1 aromatic carbocycles. The molecule has 1 N–H and O–H groups in total. The summed E-state index contributed by atoms with van der Waals surface area (Å²) in [6.07, 6.45) is 1.86. The minimum absolute atomic E-state index is 0.129. The molecule has 0 saturated heterocycles. The summed E-state index contributed by atoms with van der Waals surface area (Å²) in [5, 5.41) is 3.71. The Morgan fingerprint density at radius 1 is 1.05 bits per heavy atom. The van der Waals surface area contributed by atoms with Crippen molar-refractivity contribution in [3.63, 3.8) is 0 Å². The molecular formula is C19H27N3. The molecule has 1 atom stereocenters. The van der Waals surface area contributed by atoms with Gasteiger partial charge in [0.2, 0.25) is 0 Å². The molecule has 1 unspecified atom stereocenters. The fourth-order valence-corrected chi connectivity index (χ4v) is 2.88. The van der Waals surface area contributed by atoms with Crippen LogP contribution in [0.4, 0.5) is 0 Å². The lowest BCUT2D eigenvalue weighted by Gasteiger charge is -2.31. The van der Waals surface area contributed by atoms with Gasteiger partial charge < -0.3 is 10.2 Å². The maximum Gasteiger partial charge on any atom is 0.0751 e. The van der Waals surface area contributed by atoms with Crippen LogP contribution in [0.5, 0.6) is 0 Å². The number of rotatable bonds is 7. The molecule has 0 spiro atoms. The van der Waals surface area contributed by atoms with E-state index >= 15 is 0 Å². The van der Waals surface area contributed by atoms with Crippen LogP contribution in [-0.2, 0) is 0 Å². The van der Waals surface area contributed by atoms with Gasteiger partial charge in [0.25, 0.3) is 0 Å². The first-order chi connectivity index (χ1) is 10.5. The van der Waals surface area contributed by atoms with E-state index in [2.05, 4.69) is 79.5 Å². The van der Waals surface area contributed by atoms with Gasteiger partial charge in [0.05, 0.1) is 11.7 Å². The maximum atomic E-state index is 4.54. The largest absolute Gasteiger partial charge is 0.309 e. The fourth-order valence-electron chi connectivity index (χ4n) is 2.88. The zero-order valence-corrected chi connectivity index (χ0v) is 14.1. The highest BCUT2D eigenvalue weighted by Crippen LogP contribution is 2.22. The van der Waals surface area contributed by atoms with Crippen LogP contribution in [0.15, 0.2) is 54.7 Å². The third-order valence-corrected chi connectivity index (χ3v) is 3.65. The van der Waals surface area contributed by atoms with Crippen LogP contribution in [-0.4, -0.2) is 37.1 Å². The van der Waals surface area contributed by atoms with E-state index < -0.39 is 0 Å². The van der Waals surface area contributed by atoms with E-state index in [0.717, 1.165) is 18.8 Å². The normalized spacial score (nSPS) is 13.3. The first kappa shape index (κ1) is 16.7. The molecule has 22 heavy (non-hydrogen) atoms. The van der Waals surface area contributed by atoms with Crippen LogP contribution in [0.1, 0.15) is 31.1 Å². The predicted molar refractivity (Wildman–Crippen MR) is 92.9 cm³/mol. The van der Waals surface area contributed by atoms with Crippen LogP contribution >= 0.6 is 0 Å². The molecule has 0 bridgehead atoms. The molecule has 3 nitrogen and oxygen atoms in total. The topological polar surface area (TPSA) is 28.2 Å². The summed E-state index contributed by atoms with van der Waals surface area (Å²) < 4.78 is 0. The van der Waals surface area contributed by atoms with Gasteiger partial charge in [0.1, 0.15) is 0 Å². The third kappa shape index (κ3) is 4.93. The average Bonchev–Trinajstić information content (AvgIpc) is 2.48. The van der Waals surface area contributed by atoms with Crippen molar-refractivity contribution in [3.05, 3.63) is 66.0 Å². The van der Waals surface area contributed by atoms with E-state index in [1.807, 2.05) is 18.3 Å². The minimum Gasteiger partial charge on any atom is -0.309 e. The Labute approximate surface area is 134 Å². The highest BCUT2D eigenvalue weighted by atomic mass is 15.1. The second-order valence-corrected chi connectivity index (χ2v) is 6.88. The van der Waals surface area contributed by atoms with Crippen LogP contribution in [0.2, 0.25) is 0 Å². The second kappa shape index (κ2) is 7.52. The number of benzene rings is 1. The lowest BCUT2D eigenvalue weighted by molar-refractivity contribution is 0.228. The summed E-state index contributed by atoms with van der Waals surface area (Å²) in [7, 11) is 4.24. The Morgan fingerprint density at radius 2 is 1.73 bits per heavy atom. The SMILES string of the molecule is CN(C)CC(C)(C)CNC(c1ccccc1)c1ccccn1. The van der Waals surface area contributed by atoms with E-state index in [1.165, 1.54) is 5.56 Å². The first-order valence-electron chi connectivity index (χ1n) is 7.82. The van der Waals surface area contributed by atoms with Crippen molar-refractivity contribution in [1.29, 1.82) is 0 Å². The van der Waals surface area contributed by atoms with Gasteiger partial charge in [0.15, 0.2) is 0 Å². The van der Waals surface area contributed by atoms with Gasteiger partial charge in [-0.2, -0.15) is 0 Å². The lowest BCUT2D eigenvalue weighted by Crippen LogP contribution is -2.39. The van der Waals surface area contributed by atoms with Crippen LogP contribution in [0.3, 0.4) is 0 Å². The summed E-state index contributed by atoms with van der Waals surface area (Å²) in [6.45, 7) is 6.56. The Balaban J connectivity index is 2.16. The molecule has 1 heterocycles. The number of aromatic nitrogens is 1. The van der Waals surface area contributed by atoms with Crippen LogP contribution in [0, 0.1) is 5.41 Å². The molecular weight excluding hydrogens is 270 g/mol. The Hall–Kier alpha value is -1.71. The van der Waals surface area contributed by atoms with Crippen LogP contribution < -0.4 is 5.32 Å². The highest BCUT2D eigenvalue weighted by Gasteiger charge is 2.22. The monoisotopic (exact) mass is 297 g/mol. The standard InChI is InChI=1S/C19H27N3/c1-19(2,15-22(3)4)14-21-18(16-10-6-5-7-11-16)17-12-8-9-13-20-17/h5-13,18,21H,14-15H2,1-4H3. The van der Waals surface area contributed by atoms with Gasteiger partial charge in [-0.15, -0.1) is 0 Å². The highest BCUT2D eigenvalue weighted by molar-refractivity contribution is 5.27. The molecule has 0 aliphatic heterocycles. The van der Waals surface area contributed by atoms with E-state index in [9.17, 15) is 0 Å². The fraction of sp³-hybridized carbons (Fsp3) is 0.421. The minimum atomic E-state index is 0.129. The summed E-state index contributed by atoms with van der Waals surface area (Å²) >= 11 is 0. The molecule has 2 aromatic rings. The predicted octanol–water partition coefficient (Wildman–Crippen LogP) is 3.35. The van der Waals surface area contributed by atoms with Gasteiger partial charge in [-0.05, 0) is 37.2 Å². The Kier molecular flexibility index (Phi) is 5.69. The molecule has 0 amide bonds. The molecule has 0 radical (unpaired) electrons. The van der Waals surface area contributed by atoms with Crippen molar-refractivity contribution in [2.75, 3.05) is 27.2 Å². The van der Waals surface area contributed by atoms with Crippen molar-refractivity contribution < 1.29 is 0 Å². The molecule has 3 heteroatoms. The molecule has 0 fully saturated rings. The third-order valence-electron chi connectivity index (χ3n) is 3.65. The zero-order valence-electron chi connectivity index (χ0n) is 14.1. The van der Waals surface area contributed by atoms with E-state index in [1.54, 1.807) is 0 Å². The van der Waals surface area contributed by atoms with Gasteiger partial charge >= 0.3 is 0 Å². The quantitative estimate of drug-likeness (QED) is 0.849. The van der Waals surface area contributed by atoms with Gasteiger partial charge in [0, 0.05) is 19.3 Å². The zero-order chi connectivity index (χ0) is 16.0. The van der Waals surface area contributed by atoms with Gasteiger partial charge in [-0.1, -0.05) is 50.2 Å². The summed E-state index contributed by atoms with van der Waals surface area (Å²) in [6, 6.07) is 16.8. The molecule has 0 aliphatic carbocycles. The molecule has 0 saturated carbocycles. The van der Waals surface area contributed by atoms with E-state index in [-0.39, 0.29) is 11.5 Å². The summed E-state index contributed by atoms with van der Waals surface area (Å²) in [5.74, 6) is 0. The van der Waals surface area contributed by atoms with E-state index in [0.29, 0.717) is 0 Å². The average molecular weight is 297 g/mol. The van der Waals surface area contributed by atoms with Crippen LogP contribution in [0.25, 0.3) is 0 Å². The molecule has 2 rings (SSSR count). The number of nitrogens with zero attached hydrogens (tertiary/aromatic N) is 2. The van der Waals surface area contributed by atoms with E-state index in [4.69, 9.17) is 0 Å². The molecule has 0 aliphatic rings. The van der Waals surface area contributed by atoms with Crippen molar-refractivity contribution in [3.8, 4) is 0 Å². The number of hydrogen-bond acceptors (Lipinski definition) is 3. The number of pyridine rings is 1. The maximum absolute atomic E-state index is 4.54. The smallest absolute Gasteiger partial charge is 0.0751 e. The van der Waals surface area contributed by atoms with Gasteiger partial charge in [-0.3, -0.25) is 4.98 Å². The van der Waals surface area contributed by atoms with Gasteiger partial charge in [-0.25, -0.2) is 0 Å². The Morgan fingerprint density at radius 3 is 2.32 bits per heavy atom. The van der Waals surface area contributed by atoms with Crippen molar-refractivity contribution in [2.24, 2.45) is 5.41 Å². The summed E-state index contributed by atoms with van der Waals surface area (Å²) in [4.78, 5) is 6.78.